The van der Waals surface area contributed by atoms with Gasteiger partial charge in [-0.2, -0.15) is 0 Å². The fraction of sp³-hybridized carbons (Fsp3) is 0.308. The Morgan fingerprint density at radius 3 is 3.18 bits per heavy atom. The van der Waals surface area contributed by atoms with Crippen LogP contribution in [-0.2, 0) is 16.4 Å². The number of rotatable bonds is 3. The van der Waals surface area contributed by atoms with Crippen LogP contribution in [0.25, 0.3) is 0 Å². The molecule has 22 heavy (non-hydrogen) atoms. The number of amidine groups is 1. The number of sulfonamides is 1. The van der Waals surface area contributed by atoms with Gasteiger partial charge in [0.1, 0.15) is 7.85 Å². The van der Waals surface area contributed by atoms with Gasteiger partial charge in [-0.05, 0) is 29.5 Å². The minimum Gasteiger partial charge on any atom is -0.384 e. The lowest BCUT2D eigenvalue weighted by molar-refractivity contribution is 0.503. The molecule has 0 saturated carbocycles. The smallest absolute Gasteiger partial charge is 0.255 e. The molecule has 4 rings (SSSR count). The van der Waals surface area contributed by atoms with Gasteiger partial charge in [0.15, 0.2) is 10.5 Å². The number of anilines is 2. The summed E-state index contributed by atoms with van der Waals surface area (Å²) in [6, 6.07) is 5.53. The summed E-state index contributed by atoms with van der Waals surface area (Å²) < 4.78 is 28.0. The molecule has 2 radical (unpaired) electrons. The van der Waals surface area contributed by atoms with Crippen molar-refractivity contribution >= 4 is 46.2 Å². The van der Waals surface area contributed by atoms with E-state index in [1.807, 2.05) is 12.1 Å². The Hall–Kier alpha value is -1.61. The Morgan fingerprint density at radius 2 is 2.32 bits per heavy atom. The molecule has 3 aliphatic heterocycles. The highest BCUT2D eigenvalue weighted by Gasteiger charge is 2.43. The Morgan fingerprint density at radius 1 is 1.45 bits per heavy atom. The SMILES string of the molecule is [B]C1N=C2SC=CN2C1S(=O)(=O)Nc1ccc2c(c1)NCC2. The van der Waals surface area contributed by atoms with E-state index in [2.05, 4.69) is 15.0 Å². The average Bonchev–Trinajstić information content (AvgIpc) is 3.11. The van der Waals surface area contributed by atoms with Crippen molar-refractivity contribution < 1.29 is 8.42 Å². The Balaban J connectivity index is 1.60. The number of hydrogen-bond donors (Lipinski definition) is 2. The molecule has 6 nitrogen and oxygen atoms in total. The second-order valence-corrected chi connectivity index (χ2v) is 7.95. The van der Waals surface area contributed by atoms with Crippen molar-refractivity contribution in [3.05, 3.63) is 35.4 Å². The highest BCUT2D eigenvalue weighted by molar-refractivity contribution is 8.16. The van der Waals surface area contributed by atoms with E-state index < -0.39 is 21.3 Å². The van der Waals surface area contributed by atoms with E-state index in [0.717, 1.165) is 18.7 Å². The van der Waals surface area contributed by atoms with Gasteiger partial charge in [-0.25, -0.2) is 8.42 Å². The first-order chi connectivity index (χ1) is 10.5. The summed E-state index contributed by atoms with van der Waals surface area (Å²) in [5.41, 5.74) is 2.71. The molecule has 112 valence electrons. The summed E-state index contributed by atoms with van der Waals surface area (Å²) in [5, 5.41) is 4.73. The standard InChI is InChI=1S/C13H13BN4O2S2/c14-11-12(18-5-6-21-13(18)16-11)22(19,20)17-9-2-1-8-3-4-15-10(8)7-9/h1-2,5-7,11-12,15,17H,3-4H2. The molecule has 1 aromatic rings. The molecule has 0 amide bonds. The van der Waals surface area contributed by atoms with Gasteiger partial charge >= 0.3 is 0 Å². The molecule has 3 heterocycles. The zero-order valence-corrected chi connectivity index (χ0v) is 13.2. The van der Waals surface area contributed by atoms with Gasteiger partial charge in [-0.15, -0.1) is 0 Å². The highest BCUT2D eigenvalue weighted by Crippen LogP contribution is 2.33. The summed E-state index contributed by atoms with van der Waals surface area (Å²) in [7, 11) is 2.20. The van der Waals surface area contributed by atoms with Crippen molar-refractivity contribution in [2.75, 3.05) is 16.6 Å². The van der Waals surface area contributed by atoms with E-state index in [1.165, 1.54) is 17.3 Å². The lowest BCUT2D eigenvalue weighted by Crippen LogP contribution is -2.44. The molecule has 0 spiro atoms. The van der Waals surface area contributed by atoms with Gasteiger partial charge in [0.25, 0.3) is 10.0 Å². The molecule has 0 fully saturated rings. The Labute approximate surface area is 134 Å². The molecular weight excluding hydrogens is 319 g/mol. The van der Waals surface area contributed by atoms with E-state index in [-0.39, 0.29) is 0 Å². The van der Waals surface area contributed by atoms with Gasteiger partial charge in [0, 0.05) is 24.4 Å². The Kier molecular flexibility index (Phi) is 3.16. The zero-order valence-electron chi connectivity index (χ0n) is 11.6. The Bertz CT molecular complexity index is 793. The fourth-order valence-electron chi connectivity index (χ4n) is 2.84. The third-order valence-electron chi connectivity index (χ3n) is 3.84. The number of aliphatic imine (C=N–C) groups is 1. The highest BCUT2D eigenvalue weighted by atomic mass is 32.2. The van der Waals surface area contributed by atoms with Crippen molar-refractivity contribution in [1.82, 2.24) is 4.90 Å². The van der Waals surface area contributed by atoms with Crippen LogP contribution in [0.3, 0.4) is 0 Å². The van der Waals surface area contributed by atoms with Crippen molar-refractivity contribution in [2.24, 2.45) is 4.99 Å². The topological polar surface area (TPSA) is 73.8 Å². The van der Waals surface area contributed by atoms with Crippen molar-refractivity contribution in [3.8, 4) is 0 Å². The molecule has 0 aliphatic carbocycles. The maximum atomic E-state index is 12.7. The van der Waals surface area contributed by atoms with Crippen molar-refractivity contribution in [2.45, 2.75) is 17.7 Å². The minimum atomic E-state index is -3.69. The monoisotopic (exact) mass is 332 g/mol. The molecule has 2 N–H and O–H groups in total. The van der Waals surface area contributed by atoms with Crippen LogP contribution in [-0.4, -0.2) is 44.2 Å². The molecule has 2 atom stereocenters. The predicted octanol–water partition coefficient (Wildman–Crippen LogP) is 1.11. The third kappa shape index (κ3) is 2.19. The lowest BCUT2D eigenvalue weighted by Gasteiger charge is -2.24. The number of nitrogens with one attached hydrogen (secondary N) is 2. The van der Waals surface area contributed by atoms with E-state index >= 15 is 0 Å². The third-order valence-corrected chi connectivity index (χ3v) is 6.29. The van der Waals surface area contributed by atoms with Gasteiger partial charge in [-0.1, -0.05) is 17.8 Å². The van der Waals surface area contributed by atoms with Crippen LogP contribution >= 0.6 is 11.8 Å². The first kappa shape index (κ1) is 14.0. The number of nitrogens with zero attached hydrogens (tertiary/aromatic N) is 2. The molecule has 0 bridgehead atoms. The summed E-state index contributed by atoms with van der Waals surface area (Å²) in [6.45, 7) is 0.881. The van der Waals surface area contributed by atoms with Crippen LogP contribution < -0.4 is 10.0 Å². The van der Waals surface area contributed by atoms with E-state index in [9.17, 15) is 8.42 Å². The minimum absolute atomic E-state index is 0.532. The number of hydrogen-bond acceptors (Lipinski definition) is 6. The molecule has 0 aromatic heterocycles. The molecular formula is C13H13BN4O2S2. The van der Waals surface area contributed by atoms with Gasteiger partial charge in [0.2, 0.25) is 0 Å². The quantitative estimate of drug-likeness (QED) is 0.811. The van der Waals surface area contributed by atoms with Gasteiger partial charge < -0.3 is 10.2 Å². The van der Waals surface area contributed by atoms with Crippen LogP contribution in [0.15, 0.2) is 34.8 Å². The zero-order chi connectivity index (χ0) is 15.3. The van der Waals surface area contributed by atoms with Crippen LogP contribution in [0.5, 0.6) is 0 Å². The van der Waals surface area contributed by atoms with Crippen molar-refractivity contribution in [3.63, 3.8) is 0 Å². The summed E-state index contributed by atoms with van der Waals surface area (Å²) in [4.78, 5) is 5.79. The van der Waals surface area contributed by atoms with Crippen LogP contribution in [0.1, 0.15) is 5.56 Å². The number of thioether (sulfide) groups is 1. The summed E-state index contributed by atoms with van der Waals surface area (Å²) in [6.07, 6.45) is 2.66. The normalized spacial score (nSPS) is 25.6. The average molecular weight is 332 g/mol. The van der Waals surface area contributed by atoms with Gasteiger partial charge in [0.05, 0.1) is 5.69 Å². The predicted molar refractivity (Wildman–Crippen MR) is 90.5 cm³/mol. The first-order valence-corrected chi connectivity index (χ1v) is 9.31. The van der Waals surface area contributed by atoms with Gasteiger partial charge in [-0.3, -0.25) is 9.71 Å². The van der Waals surface area contributed by atoms with Crippen LogP contribution in [0.4, 0.5) is 11.4 Å². The summed E-state index contributed by atoms with van der Waals surface area (Å²) >= 11 is 1.37. The number of benzene rings is 1. The van der Waals surface area contributed by atoms with E-state index in [4.69, 9.17) is 7.85 Å². The molecule has 0 saturated heterocycles. The largest absolute Gasteiger partial charge is 0.384 e. The maximum Gasteiger partial charge on any atom is 0.255 e. The first-order valence-electron chi connectivity index (χ1n) is 6.88. The van der Waals surface area contributed by atoms with Crippen LogP contribution in [0.2, 0.25) is 0 Å². The van der Waals surface area contributed by atoms with Crippen LogP contribution in [0, 0.1) is 0 Å². The maximum absolute atomic E-state index is 12.7. The second kappa shape index (κ2) is 4.95. The summed E-state index contributed by atoms with van der Waals surface area (Å²) in [5.74, 6) is -0.794. The lowest BCUT2D eigenvalue weighted by atomic mass is 9.98. The van der Waals surface area contributed by atoms with Crippen molar-refractivity contribution in [1.29, 1.82) is 0 Å². The van der Waals surface area contributed by atoms with E-state index in [0.29, 0.717) is 10.9 Å². The molecule has 9 heteroatoms. The molecule has 1 aromatic carbocycles. The number of fused-ring (bicyclic) bond motifs is 2. The second-order valence-electron chi connectivity index (χ2n) is 5.30. The molecule has 2 unspecified atom stereocenters. The van der Waals surface area contributed by atoms with E-state index in [1.54, 1.807) is 22.6 Å². The fourth-order valence-corrected chi connectivity index (χ4v) is 5.17. The molecule has 3 aliphatic rings.